The molecule has 0 radical (unpaired) electrons. The fourth-order valence-electron chi connectivity index (χ4n) is 1.63. The number of hydrogen-bond acceptors (Lipinski definition) is 3. The first-order valence-electron chi connectivity index (χ1n) is 6.06. The van der Waals surface area contributed by atoms with Crippen LogP contribution in [0.5, 0.6) is 0 Å². The number of amides is 2. The Bertz CT molecular complexity index is 374. The lowest BCUT2D eigenvalue weighted by molar-refractivity contribution is -0.0598. The van der Waals surface area contributed by atoms with E-state index in [0.717, 1.165) is 29.5 Å². The fraction of sp³-hybridized carbons (Fsp3) is 0.462. The van der Waals surface area contributed by atoms with Crippen molar-refractivity contribution in [1.82, 2.24) is 5.06 Å². The third kappa shape index (κ3) is 3.63. The number of rotatable bonds is 5. The topological polar surface area (TPSA) is 44.8 Å². The third-order valence-electron chi connectivity index (χ3n) is 2.81. The highest BCUT2D eigenvalue weighted by atomic mass is 16.7. The Morgan fingerprint density at radius 1 is 1.22 bits per heavy atom. The highest BCUT2D eigenvalue weighted by Gasteiger charge is 2.08. The summed E-state index contributed by atoms with van der Waals surface area (Å²) in [5, 5.41) is 3.88. The van der Waals surface area contributed by atoms with Crippen LogP contribution in [0.4, 0.5) is 16.2 Å². The van der Waals surface area contributed by atoms with Crippen LogP contribution in [0.25, 0.3) is 0 Å². The number of anilines is 2. The predicted octanol–water partition coefficient (Wildman–Crippen LogP) is 2.56. The Hall–Kier alpha value is -1.75. The van der Waals surface area contributed by atoms with Crippen LogP contribution in [-0.2, 0) is 4.84 Å². The van der Waals surface area contributed by atoms with E-state index in [1.165, 1.54) is 7.11 Å². The van der Waals surface area contributed by atoms with Gasteiger partial charge < -0.3 is 10.2 Å². The van der Waals surface area contributed by atoms with Gasteiger partial charge >= 0.3 is 6.03 Å². The van der Waals surface area contributed by atoms with Crippen molar-refractivity contribution in [3.05, 3.63) is 24.3 Å². The Kier molecular flexibility index (Phi) is 5.45. The first-order chi connectivity index (χ1) is 8.62. The minimum atomic E-state index is -0.298. The number of hydroxylamine groups is 2. The van der Waals surface area contributed by atoms with E-state index in [1.54, 1.807) is 7.05 Å². The lowest BCUT2D eigenvalue weighted by atomic mass is 10.2. The minimum Gasteiger partial charge on any atom is -0.372 e. The summed E-state index contributed by atoms with van der Waals surface area (Å²) in [5.74, 6) is 0. The molecule has 0 heterocycles. The normalized spacial score (nSPS) is 10.0. The van der Waals surface area contributed by atoms with Crippen LogP contribution in [0, 0.1) is 0 Å². The molecular weight excluding hydrogens is 230 g/mol. The molecule has 5 heteroatoms. The maximum Gasteiger partial charge on any atom is 0.345 e. The van der Waals surface area contributed by atoms with Crippen LogP contribution < -0.4 is 10.2 Å². The van der Waals surface area contributed by atoms with Gasteiger partial charge in [-0.3, -0.25) is 4.84 Å². The summed E-state index contributed by atoms with van der Waals surface area (Å²) in [6.07, 6.45) is 0. The van der Waals surface area contributed by atoms with Crippen LogP contribution in [0.1, 0.15) is 13.8 Å². The molecule has 0 saturated carbocycles. The van der Waals surface area contributed by atoms with E-state index in [1.807, 2.05) is 24.3 Å². The van der Waals surface area contributed by atoms with Crippen LogP contribution in [0.3, 0.4) is 0 Å². The highest BCUT2D eigenvalue weighted by molar-refractivity contribution is 5.88. The van der Waals surface area contributed by atoms with Crippen LogP contribution >= 0.6 is 0 Å². The molecule has 0 saturated heterocycles. The number of nitrogens with one attached hydrogen (secondary N) is 1. The molecule has 1 rings (SSSR count). The van der Waals surface area contributed by atoms with Crippen molar-refractivity contribution >= 4 is 17.4 Å². The molecule has 2 amide bonds. The maximum atomic E-state index is 11.6. The minimum absolute atomic E-state index is 0.298. The van der Waals surface area contributed by atoms with Gasteiger partial charge in [0.1, 0.15) is 0 Å². The maximum absolute atomic E-state index is 11.6. The van der Waals surface area contributed by atoms with Gasteiger partial charge in [-0.05, 0) is 38.1 Å². The summed E-state index contributed by atoms with van der Waals surface area (Å²) in [6, 6.07) is 7.46. The van der Waals surface area contributed by atoms with Gasteiger partial charge in [0.25, 0.3) is 0 Å². The molecular formula is C13H21N3O2. The zero-order valence-corrected chi connectivity index (χ0v) is 11.4. The van der Waals surface area contributed by atoms with Crippen molar-refractivity contribution in [2.75, 3.05) is 37.5 Å². The molecule has 0 atom stereocenters. The quantitative estimate of drug-likeness (QED) is 0.818. The second-order valence-electron chi connectivity index (χ2n) is 3.83. The Labute approximate surface area is 108 Å². The van der Waals surface area contributed by atoms with Gasteiger partial charge in [-0.15, -0.1) is 0 Å². The Morgan fingerprint density at radius 3 is 2.22 bits per heavy atom. The molecule has 100 valence electrons. The summed E-state index contributed by atoms with van der Waals surface area (Å²) in [5.41, 5.74) is 1.90. The lowest BCUT2D eigenvalue weighted by Crippen LogP contribution is -2.30. The van der Waals surface area contributed by atoms with Gasteiger partial charge in [0.2, 0.25) is 0 Å². The van der Waals surface area contributed by atoms with Crippen molar-refractivity contribution in [2.24, 2.45) is 0 Å². The molecule has 0 aliphatic heterocycles. The van der Waals surface area contributed by atoms with Gasteiger partial charge in [0.05, 0.1) is 7.11 Å². The SMILES string of the molecule is CCN(CC)c1ccc(NC(=O)N(C)OC)cc1. The Morgan fingerprint density at radius 2 is 1.78 bits per heavy atom. The zero-order chi connectivity index (χ0) is 13.5. The van der Waals surface area contributed by atoms with E-state index in [-0.39, 0.29) is 6.03 Å². The van der Waals surface area contributed by atoms with E-state index < -0.39 is 0 Å². The van der Waals surface area contributed by atoms with E-state index in [0.29, 0.717) is 0 Å². The van der Waals surface area contributed by atoms with Crippen molar-refractivity contribution in [2.45, 2.75) is 13.8 Å². The molecule has 1 aromatic rings. The number of carbonyl (C=O) groups is 1. The van der Waals surface area contributed by atoms with Gasteiger partial charge in [-0.25, -0.2) is 9.86 Å². The fourth-order valence-corrected chi connectivity index (χ4v) is 1.63. The molecule has 18 heavy (non-hydrogen) atoms. The molecule has 0 aromatic heterocycles. The lowest BCUT2D eigenvalue weighted by Gasteiger charge is -2.21. The second-order valence-corrected chi connectivity index (χ2v) is 3.83. The van der Waals surface area contributed by atoms with Crippen LogP contribution in [-0.4, -0.2) is 38.3 Å². The van der Waals surface area contributed by atoms with Crippen molar-refractivity contribution in [3.8, 4) is 0 Å². The first kappa shape index (κ1) is 14.3. The van der Waals surface area contributed by atoms with Crippen LogP contribution in [0.15, 0.2) is 24.3 Å². The molecule has 5 nitrogen and oxygen atoms in total. The largest absolute Gasteiger partial charge is 0.372 e. The molecule has 0 fully saturated rings. The number of nitrogens with zero attached hydrogens (tertiary/aromatic N) is 2. The number of hydrogen-bond donors (Lipinski definition) is 1. The summed E-state index contributed by atoms with van der Waals surface area (Å²) in [4.78, 5) is 18.6. The summed E-state index contributed by atoms with van der Waals surface area (Å²) >= 11 is 0. The molecule has 0 aliphatic carbocycles. The molecule has 1 N–H and O–H groups in total. The molecule has 0 spiro atoms. The number of carbonyl (C=O) groups excluding carboxylic acids is 1. The van der Waals surface area contributed by atoms with Crippen molar-refractivity contribution in [3.63, 3.8) is 0 Å². The van der Waals surface area contributed by atoms with Gasteiger partial charge in [-0.1, -0.05) is 0 Å². The predicted molar refractivity (Wildman–Crippen MR) is 73.8 cm³/mol. The summed E-state index contributed by atoms with van der Waals surface area (Å²) < 4.78 is 0. The Balaban J connectivity index is 2.68. The van der Waals surface area contributed by atoms with Gasteiger partial charge in [0, 0.05) is 31.5 Å². The summed E-state index contributed by atoms with van der Waals surface area (Å²) in [7, 11) is 3.00. The molecule has 0 unspecified atom stereocenters. The molecule has 0 bridgehead atoms. The zero-order valence-electron chi connectivity index (χ0n) is 11.4. The van der Waals surface area contributed by atoms with E-state index in [9.17, 15) is 4.79 Å². The number of benzene rings is 1. The van der Waals surface area contributed by atoms with E-state index in [4.69, 9.17) is 4.84 Å². The highest BCUT2D eigenvalue weighted by Crippen LogP contribution is 2.17. The smallest absolute Gasteiger partial charge is 0.345 e. The summed E-state index contributed by atoms with van der Waals surface area (Å²) in [6.45, 7) is 6.17. The van der Waals surface area contributed by atoms with Crippen LogP contribution in [0.2, 0.25) is 0 Å². The van der Waals surface area contributed by atoms with Gasteiger partial charge in [-0.2, -0.15) is 0 Å². The monoisotopic (exact) mass is 251 g/mol. The first-order valence-corrected chi connectivity index (χ1v) is 6.06. The van der Waals surface area contributed by atoms with Crippen molar-refractivity contribution in [1.29, 1.82) is 0 Å². The molecule has 1 aromatic carbocycles. The number of urea groups is 1. The standard InChI is InChI=1S/C13H21N3O2/c1-5-16(6-2)12-9-7-11(8-10-12)14-13(17)15(3)18-4/h7-10H,5-6H2,1-4H3,(H,14,17). The van der Waals surface area contributed by atoms with Gasteiger partial charge in [0.15, 0.2) is 0 Å². The average Bonchev–Trinajstić information content (AvgIpc) is 2.41. The van der Waals surface area contributed by atoms with E-state index in [2.05, 4.69) is 24.1 Å². The second kappa shape index (κ2) is 6.86. The van der Waals surface area contributed by atoms with Crippen molar-refractivity contribution < 1.29 is 9.63 Å². The van der Waals surface area contributed by atoms with E-state index >= 15 is 0 Å². The average molecular weight is 251 g/mol. The molecule has 0 aliphatic rings. The third-order valence-corrected chi connectivity index (χ3v) is 2.81.